The van der Waals surface area contributed by atoms with Gasteiger partial charge < -0.3 is 4.74 Å². The standard InChI is InChI=1S/C19H27F3NO/c1-3-5-6-7-8-13-23(12-4-2)14-15-24-18-11-9-10-17(16-18)19(20,21)22/h4,9-11,13,16H,2-3,5-8,12,14-15H2,1H3/q+1. The van der Waals surface area contributed by atoms with Crippen LogP contribution >= 0.6 is 0 Å². The van der Waals surface area contributed by atoms with Crippen molar-refractivity contribution in [2.45, 2.75) is 45.2 Å². The highest BCUT2D eigenvalue weighted by atomic mass is 19.4. The summed E-state index contributed by atoms with van der Waals surface area (Å²) >= 11 is 0. The van der Waals surface area contributed by atoms with Crippen LogP contribution in [-0.4, -0.2) is 30.5 Å². The van der Waals surface area contributed by atoms with Gasteiger partial charge in [0.25, 0.3) is 0 Å². The van der Waals surface area contributed by atoms with E-state index in [4.69, 9.17) is 4.74 Å². The van der Waals surface area contributed by atoms with Gasteiger partial charge in [0.1, 0.15) is 18.6 Å². The highest BCUT2D eigenvalue weighted by molar-refractivity contribution is 5.51. The van der Waals surface area contributed by atoms with E-state index in [2.05, 4.69) is 24.3 Å². The molecule has 1 rings (SSSR count). The summed E-state index contributed by atoms with van der Waals surface area (Å²) in [6, 6.07) is 4.98. The maximum atomic E-state index is 12.7. The molecule has 0 aliphatic rings. The van der Waals surface area contributed by atoms with Gasteiger partial charge in [0.15, 0.2) is 13.1 Å². The largest absolute Gasteiger partial charge is 0.487 e. The predicted molar refractivity (Wildman–Crippen MR) is 92.0 cm³/mol. The van der Waals surface area contributed by atoms with Gasteiger partial charge in [-0.25, -0.2) is 4.58 Å². The zero-order valence-electron chi connectivity index (χ0n) is 14.3. The minimum atomic E-state index is -4.35. The SMILES string of the molecule is C=CC[N+](=CCCCCCC)CCOc1cccc(C(F)(F)F)c1. The van der Waals surface area contributed by atoms with Crippen LogP contribution < -0.4 is 4.74 Å². The number of hydrogen-bond acceptors (Lipinski definition) is 1. The maximum Gasteiger partial charge on any atom is 0.416 e. The second-order valence-electron chi connectivity index (χ2n) is 5.69. The van der Waals surface area contributed by atoms with Gasteiger partial charge in [0.05, 0.1) is 5.56 Å². The van der Waals surface area contributed by atoms with Gasteiger partial charge in [0, 0.05) is 6.42 Å². The molecule has 0 aromatic heterocycles. The number of nitrogens with zero attached hydrogens (tertiary/aromatic N) is 1. The van der Waals surface area contributed by atoms with Crippen LogP contribution in [0.1, 0.15) is 44.6 Å². The van der Waals surface area contributed by atoms with Crippen molar-refractivity contribution in [3.63, 3.8) is 0 Å². The zero-order chi connectivity index (χ0) is 17.8. The third kappa shape index (κ3) is 8.18. The molecular weight excluding hydrogens is 315 g/mol. The molecule has 0 spiro atoms. The van der Waals surface area contributed by atoms with Gasteiger partial charge >= 0.3 is 6.18 Å². The van der Waals surface area contributed by atoms with E-state index in [1.165, 1.54) is 25.3 Å². The van der Waals surface area contributed by atoms with Crippen molar-refractivity contribution in [1.29, 1.82) is 0 Å². The Morgan fingerprint density at radius 1 is 1.21 bits per heavy atom. The maximum absolute atomic E-state index is 12.7. The van der Waals surface area contributed by atoms with Crippen molar-refractivity contribution in [2.24, 2.45) is 0 Å². The van der Waals surface area contributed by atoms with Crippen LogP contribution in [-0.2, 0) is 6.18 Å². The van der Waals surface area contributed by atoms with Crippen LogP contribution in [0.5, 0.6) is 5.75 Å². The van der Waals surface area contributed by atoms with Crippen LogP contribution in [0, 0.1) is 0 Å². The number of ether oxygens (including phenoxy) is 1. The first-order valence-electron chi connectivity index (χ1n) is 8.45. The number of alkyl halides is 3. The van der Waals surface area contributed by atoms with Gasteiger partial charge in [-0.05, 0) is 30.7 Å². The molecule has 1 aromatic carbocycles. The van der Waals surface area contributed by atoms with Crippen molar-refractivity contribution in [2.75, 3.05) is 19.7 Å². The summed E-state index contributed by atoms with van der Waals surface area (Å²) in [6.45, 7) is 7.58. The van der Waals surface area contributed by atoms with Gasteiger partial charge in [-0.2, -0.15) is 13.2 Å². The topological polar surface area (TPSA) is 12.2 Å². The lowest BCUT2D eigenvalue weighted by molar-refractivity contribution is -0.515. The summed E-state index contributed by atoms with van der Waals surface area (Å²) in [4.78, 5) is 0. The average molecular weight is 342 g/mol. The lowest BCUT2D eigenvalue weighted by atomic mass is 10.2. The number of halogens is 3. The van der Waals surface area contributed by atoms with Crippen LogP contribution in [0.25, 0.3) is 0 Å². The van der Waals surface area contributed by atoms with E-state index < -0.39 is 11.7 Å². The molecule has 5 heteroatoms. The molecule has 0 aliphatic carbocycles. The molecule has 0 heterocycles. The molecule has 0 N–H and O–H groups in total. The number of benzene rings is 1. The van der Waals surface area contributed by atoms with Gasteiger partial charge in [-0.3, -0.25) is 0 Å². The van der Waals surface area contributed by atoms with Crippen molar-refractivity contribution >= 4 is 6.21 Å². The Morgan fingerprint density at radius 2 is 2.00 bits per heavy atom. The Morgan fingerprint density at radius 3 is 2.67 bits per heavy atom. The molecule has 0 saturated carbocycles. The van der Waals surface area contributed by atoms with Crippen molar-refractivity contribution < 1.29 is 22.5 Å². The summed E-state index contributed by atoms with van der Waals surface area (Å²) in [5.41, 5.74) is -0.689. The molecule has 0 saturated heterocycles. The first-order valence-corrected chi connectivity index (χ1v) is 8.45. The number of hydrogen-bond donors (Lipinski definition) is 0. The summed E-state index contributed by atoms with van der Waals surface area (Å²) in [6.07, 6.45) is 5.42. The van der Waals surface area contributed by atoms with Crippen LogP contribution in [0.3, 0.4) is 0 Å². The number of unbranched alkanes of at least 4 members (excludes halogenated alkanes) is 4. The Kier molecular flexibility index (Phi) is 9.20. The minimum absolute atomic E-state index is 0.242. The van der Waals surface area contributed by atoms with Gasteiger partial charge in [-0.15, -0.1) is 0 Å². The second-order valence-corrected chi connectivity index (χ2v) is 5.69. The van der Waals surface area contributed by atoms with Crippen molar-refractivity contribution in [3.8, 4) is 5.75 Å². The van der Waals surface area contributed by atoms with Gasteiger partial charge in [-0.1, -0.05) is 38.8 Å². The fourth-order valence-corrected chi connectivity index (χ4v) is 2.31. The fourth-order valence-electron chi connectivity index (χ4n) is 2.31. The lowest BCUT2D eigenvalue weighted by Crippen LogP contribution is -2.20. The highest BCUT2D eigenvalue weighted by Crippen LogP contribution is 2.31. The fraction of sp³-hybridized carbons (Fsp3) is 0.526. The first-order chi connectivity index (χ1) is 11.5. The average Bonchev–Trinajstić information content (AvgIpc) is 2.54. The summed E-state index contributed by atoms with van der Waals surface area (Å²) in [5, 5.41) is 0. The van der Waals surface area contributed by atoms with E-state index in [0.29, 0.717) is 19.7 Å². The summed E-state index contributed by atoms with van der Waals surface area (Å²) < 4.78 is 45.6. The molecule has 0 bridgehead atoms. The monoisotopic (exact) mass is 342 g/mol. The first kappa shape index (κ1) is 20.3. The molecule has 2 nitrogen and oxygen atoms in total. The molecular formula is C19H27F3NO+. The molecule has 24 heavy (non-hydrogen) atoms. The second kappa shape index (κ2) is 10.9. The molecule has 1 aromatic rings. The van der Waals surface area contributed by atoms with E-state index >= 15 is 0 Å². The van der Waals surface area contributed by atoms with Crippen molar-refractivity contribution in [3.05, 3.63) is 42.5 Å². The third-order valence-corrected chi connectivity index (χ3v) is 3.62. The summed E-state index contributed by atoms with van der Waals surface area (Å²) in [7, 11) is 0. The molecule has 0 atom stereocenters. The van der Waals surface area contributed by atoms with Crippen molar-refractivity contribution in [1.82, 2.24) is 0 Å². The van der Waals surface area contributed by atoms with Crippen LogP contribution in [0.4, 0.5) is 13.2 Å². The Bertz CT molecular complexity index is 524. The Balaban J connectivity index is 2.47. The van der Waals surface area contributed by atoms with E-state index in [1.807, 2.05) is 6.08 Å². The third-order valence-electron chi connectivity index (χ3n) is 3.62. The predicted octanol–water partition coefficient (Wildman–Crippen LogP) is 5.32. The van der Waals surface area contributed by atoms with Crippen LogP contribution in [0.15, 0.2) is 36.9 Å². The normalized spacial score (nSPS) is 12.2. The molecule has 0 unspecified atom stereocenters. The molecule has 0 radical (unpaired) electrons. The smallest absolute Gasteiger partial charge is 0.416 e. The minimum Gasteiger partial charge on any atom is -0.487 e. The van der Waals surface area contributed by atoms with Crippen LogP contribution in [0.2, 0.25) is 0 Å². The van der Waals surface area contributed by atoms with Gasteiger partial charge in [0.2, 0.25) is 0 Å². The van der Waals surface area contributed by atoms with E-state index in [0.717, 1.165) is 25.0 Å². The molecule has 0 fully saturated rings. The number of rotatable bonds is 11. The van der Waals surface area contributed by atoms with E-state index in [-0.39, 0.29) is 5.75 Å². The lowest BCUT2D eigenvalue weighted by Gasteiger charge is -2.10. The molecule has 0 aliphatic heterocycles. The van der Waals surface area contributed by atoms with E-state index in [1.54, 1.807) is 6.07 Å². The molecule has 0 amide bonds. The summed E-state index contributed by atoms with van der Waals surface area (Å²) in [5.74, 6) is 0.242. The van der Waals surface area contributed by atoms with E-state index in [9.17, 15) is 13.2 Å². The quantitative estimate of drug-likeness (QED) is 0.229. The Labute approximate surface area is 142 Å². The highest BCUT2D eigenvalue weighted by Gasteiger charge is 2.30. The zero-order valence-corrected chi connectivity index (χ0v) is 14.3. The molecule has 134 valence electrons. The Hall–Kier alpha value is -1.78.